The second-order valence-electron chi connectivity index (χ2n) is 2.30. The zero-order valence-electron chi connectivity index (χ0n) is 6.87. The van der Waals surface area contributed by atoms with E-state index in [1.807, 2.05) is 25.9 Å². The van der Waals surface area contributed by atoms with Gasteiger partial charge in [0.2, 0.25) is 0 Å². The van der Waals surface area contributed by atoms with Gasteiger partial charge in [-0.1, -0.05) is 6.92 Å². The summed E-state index contributed by atoms with van der Waals surface area (Å²) in [5.74, 6) is 0. The Morgan fingerprint density at radius 3 is 2.50 bits per heavy atom. The molecule has 3 nitrogen and oxygen atoms in total. The molecule has 0 rings (SSSR count). The predicted molar refractivity (Wildman–Crippen MR) is 44.2 cm³/mol. The number of nitrogens with zero attached hydrogens (tertiary/aromatic N) is 1. The lowest BCUT2D eigenvalue weighted by Gasteiger charge is -2.11. The van der Waals surface area contributed by atoms with Crippen molar-refractivity contribution in [2.45, 2.75) is 6.92 Å². The lowest BCUT2D eigenvalue weighted by molar-refractivity contribution is 0.260. The lowest BCUT2D eigenvalue weighted by Crippen LogP contribution is -2.17. The molecule has 1 N–H and O–H groups in total. The lowest BCUT2D eigenvalue weighted by atomic mass is 10.6. The topological polar surface area (TPSA) is 32.7 Å². The van der Waals surface area contributed by atoms with Gasteiger partial charge in [0.05, 0.1) is 6.61 Å². The van der Waals surface area contributed by atoms with Crippen LogP contribution in [0.2, 0.25) is 0 Å². The summed E-state index contributed by atoms with van der Waals surface area (Å²) in [6, 6.07) is 0. The van der Waals surface area contributed by atoms with Crippen LogP contribution in [-0.2, 0) is 4.52 Å². The molecule has 0 heterocycles. The van der Waals surface area contributed by atoms with E-state index in [0.717, 1.165) is 12.7 Å². The Morgan fingerprint density at radius 1 is 1.50 bits per heavy atom. The SMILES string of the molecule is CCP(O)OCCN(C)C. The van der Waals surface area contributed by atoms with Crippen LogP contribution in [0.5, 0.6) is 0 Å². The number of hydrogen-bond acceptors (Lipinski definition) is 3. The van der Waals surface area contributed by atoms with Gasteiger partial charge in [-0.15, -0.1) is 0 Å². The molecule has 1 unspecified atom stereocenters. The van der Waals surface area contributed by atoms with Crippen LogP contribution in [0.1, 0.15) is 6.92 Å². The minimum absolute atomic E-state index is 0.628. The summed E-state index contributed by atoms with van der Waals surface area (Å²) in [7, 11) is 2.83. The molecule has 0 bridgehead atoms. The third-order valence-corrected chi connectivity index (χ3v) is 2.07. The molecule has 0 spiro atoms. The molecule has 0 amide bonds. The molecule has 0 aliphatic carbocycles. The predicted octanol–water partition coefficient (Wildman–Crippen LogP) is 0.889. The summed E-state index contributed by atoms with van der Waals surface area (Å²) in [5, 5.41) is 0. The summed E-state index contributed by atoms with van der Waals surface area (Å²) in [6.45, 7) is 3.42. The average molecular weight is 165 g/mol. The summed E-state index contributed by atoms with van der Waals surface area (Å²) in [5.41, 5.74) is 0. The van der Waals surface area contributed by atoms with Gasteiger partial charge in [0, 0.05) is 12.7 Å². The van der Waals surface area contributed by atoms with E-state index in [1.165, 1.54) is 0 Å². The molecule has 10 heavy (non-hydrogen) atoms. The highest BCUT2D eigenvalue weighted by molar-refractivity contribution is 7.46. The maximum atomic E-state index is 8.99. The average Bonchev–Trinajstić information content (AvgIpc) is 1.87. The highest BCUT2D eigenvalue weighted by atomic mass is 31.2. The first-order valence-corrected chi connectivity index (χ1v) is 4.80. The van der Waals surface area contributed by atoms with Crippen LogP contribution in [0.4, 0.5) is 0 Å². The molecule has 0 saturated carbocycles. The zero-order chi connectivity index (χ0) is 7.98. The fraction of sp³-hybridized carbons (Fsp3) is 1.00. The third kappa shape index (κ3) is 6.43. The van der Waals surface area contributed by atoms with E-state index in [0.29, 0.717) is 6.61 Å². The Labute approximate surface area is 63.9 Å². The fourth-order valence-electron chi connectivity index (χ4n) is 0.420. The molecule has 0 aromatic carbocycles. The minimum Gasteiger partial charge on any atom is -0.350 e. The number of rotatable bonds is 5. The van der Waals surface area contributed by atoms with Gasteiger partial charge in [-0.3, -0.25) is 0 Å². The van der Waals surface area contributed by atoms with E-state index in [9.17, 15) is 0 Å². The van der Waals surface area contributed by atoms with Crippen molar-refractivity contribution in [2.75, 3.05) is 33.4 Å². The molecule has 4 heteroatoms. The molecule has 0 aliphatic rings. The molecule has 0 aliphatic heterocycles. The van der Waals surface area contributed by atoms with Gasteiger partial charge in [0.25, 0.3) is 0 Å². The van der Waals surface area contributed by atoms with Crippen LogP contribution in [0.15, 0.2) is 0 Å². The van der Waals surface area contributed by atoms with Crippen molar-refractivity contribution in [2.24, 2.45) is 0 Å². The molecule has 0 aromatic heterocycles. The first kappa shape index (κ1) is 10.3. The minimum atomic E-state index is -1.14. The van der Waals surface area contributed by atoms with Gasteiger partial charge in [-0.25, -0.2) is 0 Å². The van der Waals surface area contributed by atoms with E-state index in [-0.39, 0.29) is 0 Å². The summed E-state index contributed by atoms with van der Waals surface area (Å²) in [4.78, 5) is 11.0. The van der Waals surface area contributed by atoms with Crippen molar-refractivity contribution >= 4 is 8.38 Å². The van der Waals surface area contributed by atoms with Crippen molar-refractivity contribution in [1.29, 1.82) is 0 Å². The molecule has 0 saturated heterocycles. The van der Waals surface area contributed by atoms with E-state index in [1.54, 1.807) is 0 Å². The standard InChI is InChI=1S/C6H16NO2P/c1-4-10(8)9-6-5-7(2)3/h8H,4-6H2,1-3H3. The monoisotopic (exact) mass is 165 g/mol. The maximum absolute atomic E-state index is 8.99. The molecule has 0 aromatic rings. The smallest absolute Gasteiger partial charge is 0.167 e. The Kier molecular flexibility index (Phi) is 6.24. The van der Waals surface area contributed by atoms with Crippen molar-refractivity contribution in [3.05, 3.63) is 0 Å². The van der Waals surface area contributed by atoms with Gasteiger partial charge in [-0.05, 0) is 14.1 Å². The second kappa shape index (κ2) is 6.05. The third-order valence-electron chi connectivity index (χ3n) is 1.05. The first-order valence-electron chi connectivity index (χ1n) is 3.41. The van der Waals surface area contributed by atoms with Gasteiger partial charge in [-0.2, -0.15) is 0 Å². The molecular weight excluding hydrogens is 149 g/mol. The first-order chi connectivity index (χ1) is 4.66. The molecule has 62 valence electrons. The fourth-order valence-corrected chi connectivity index (χ4v) is 0.895. The van der Waals surface area contributed by atoms with Crippen molar-refractivity contribution in [3.8, 4) is 0 Å². The van der Waals surface area contributed by atoms with Gasteiger partial charge < -0.3 is 14.3 Å². The van der Waals surface area contributed by atoms with Gasteiger partial charge >= 0.3 is 0 Å². The van der Waals surface area contributed by atoms with E-state index in [4.69, 9.17) is 9.42 Å². The van der Waals surface area contributed by atoms with Crippen LogP contribution in [0.25, 0.3) is 0 Å². The number of likely N-dealkylation sites (N-methyl/N-ethyl adjacent to an activating group) is 1. The zero-order valence-corrected chi connectivity index (χ0v) is 7.77. The molecule has 1 atom stereocenters. The van der Waals surface area contributed by atoms with Crippen molar-refractivity contribution in [3.63, 3.8) is 0 Å². The normalized spacial score (nSPS) is 14.1. The van der Waals surface area contributed by atoms with Crippen LogP contribution in [0.3, 0.4) is 0 Å². The molecular formula is C6H16NO2P. The van der Waals surface area contributed by atoms with E-state index in [2.05, 4.69) is 0 Å². The largest absolute Gasteiger partial charge is 0.350 e. The number of hydrogen-bond donors (Lipinski definition) is 1. The van der Waals surface area contributed by atoms with Crippen molar-refractivity contribution in [1.82, 2.24) is 4.90 Å². The quantitative estimate of drug-likeness (QED) is 0.614. The summed E-state index contributed by atoms with van der Waals surface area (Å²) >= 11 is 0. The highest BCUT2D eigenvalue weighted by Crippen LogP contribution is 2.29. The van der Waals surface area contributed by atoms with E-state index >= 15 is 0 Å². The van der Waals surface area contributed by atoms with Crippen LogP contribution in [-0.4, -0.2) is 43.2 Å². The van der Waals surface area contributed by atoms with Crippen LogP contribution < -0.4 is 0 Å². The Hall–Kier alpha value is 0.310. The Bertz CT molecular complexity index is 80.1. The molecule has 0 fully saturated rings. The Morgan fingerprint density at radius 2 is 2.10 bits per heavy atom. The summed E-state index contributed by atoms with van der Waals surface area (Å²) in [6.07, 6.45) is 0.725. The van der Waals surface area contributed by atoms with Crippen LogP contribution in [0, 0.1) is 0 Å². The Balaban J connectivity index is 3.03. The van der Waals surface area contributed by atoms with Gasteiger partial charge in [0.15, 0.2) is 8.38 Å². The van der Waals surface area contributed by atoms with E-state index < -0.39 is 8.38 Å². The van der Waals surface area contributed by atoms with Crippen molar-refractivity contribution < 1.29 is 9.42 Å². The highest BCUT2D eigenvalue weighted by Gasteiger charge is 1.99. The maximum Gasteiger partial charge on any atom is 0.167 e. The molecule has 0 radical (unpaired) electrons. The van der Waals surface area contributed by atoms with Crippen LogP contribution >= 0.6 is 8.38 Å². The van der Waals surface area contributed by atoms with Gasteiger partial charge in [0.1, 0.15) is 0 Å². The summed E-state index contributed by atoms with van der Waals surface area (Å²) < 4.78 is 5.08. The second-order valence-corrected chi connectivity index (χ2v) is 3.90.